The molecule has 1 amide bonds. The van der Waals surface area contributed by atoms with E-state index in [2.05, 4.69) is 10.2 Å². The van der Waals surface area contributed by atoms with Crippen molar-refractivity contribution >= 4 is 5.91 Å². The molecule has 2 aromatic heterocycles. The third kappa shape index (κ3) is 3.41. The molecule has 0 unspecified atom stereocenters. The Labute approximate surface area is 183 Å². The van der Waals surface area contributed by atoms with Crippen molar-refractivity contribution in [1.29, 1.82) is 0 Å². The largest absolute Gasteiger partial charge is 0.497 e. The lowest BCUT2D eigenvalue weighted by Crippen LogP contribution is -2.43. The van der Waals surface area contributed by atoms with Gasteiger partial charge in [-0.15, -0.1) is 0 Å². The molecule has 10 nitrogen and oxygen atoms in total. The van der Waals surface area contributed by atoms with Gasteiger partial charge in [0, 0.05) is 44.7 Å². The fourth-order valence-corrected chi connectivity index (χ4v) is 4.69. The van der Waals surface area contributed by atoms with E-state index in [1.165, 1.54) is 9.25 Å². The van der Waals surface area contributed by atoms with E-state index in [-0.39, 0.29) is 17.9 Å². The van der Waals surface area contributed by atoms with Gasteiger partial charge in [-0.3, -0.25) is 23.6 Å². The predicted octanol–water partition coefficient (Wildman–Crippen LogP) is 0.284. The second-order valence-electron chi connectivity index (χ2n) is 8.65. The van der Waals surface area contributed by atoms with Crippen LogP contribution in [0.3, 0.4) is 0 Å². The van der Waals surface area contributed by atoms with Gasteiger partial charge in [0.05, 0.1) is 13.7 Å². The van der Waals surface area contributed by atoms with Crippen LogP contribution in [0.1, 0.15) is 28.3 Å². The Hall–Kier alpha value is -3.69. The predicted molar refractivity (Wildman–Crippen MR) is 115 cm³/mol. The van der Waals surface area contributed by atoms with Crippen LogP contribution >= 0.6 is 0 Å². The molecular formula is C22H24N6O4. The van der Waals surface area contributed by atoms with E-state index >= 15 is 0 Å². The molecule has 166 valence electrons. The summed E-state index contributed by atoms with van der Waals surface area (Å²) in [5.41, 5.74) is -0.217. The number of amides is 1. The fourth-order valence-electron chi connectivity index (χ4n) is 4.69. The summed E-state index contributed by atoms with van der Waals surface area (Å²) in [5.74, 6) is 1.20. The Bertz CT molecular complexity index is 1310. The molecule has 0 radical (unpaired) electrons. The van der Waals surface area contributed by atoms with E-state index in [4.69, 9.17) is 4.74 Å². The van der Waals surface area contributed by atoms with E-state index in [0.29, 0.717) is 37.6 Å². The molecule has 2 aliphatic rings. The maximum absolute atomic E-state index is 12.8. The van der Waals surface area contributed by atoms with Crippen LogP contribution < -0.4 is 15.9 Å². The smallest absolute Gasteiger partial charge is 0.332 e. The van der Waals surface area contributed by atoms with Gasteiger partial charge in [0.1, 0.15) is 17.3 Å². The molecule has 3 aromatic rings. The zero-order valence-electron chi connectivity index (χ0n) is 18.0. The molecule has 1 fully saturated rings. The van der Waals surface area contributed by atoms with Crippen molar-refractivity contribution in [3.63, 3.8) is 0 Å². The lowest BCUT2D eigenvalue weighted by atomic mass is 9.86. The summed E-state index contributed by atoms with van der Waals surface area (Å²) in [6.45, 7) is 1.72. The molecule has 2 aliphatic heterocycles. The summed E-state index contributed by atoms with van der Waals surface area (Å²) in [6.07, 6.45) is 3.05. The van der Waals surface area contributed by atoms with E-state index in [0.717, 1.165) is 17.7 Å². The number of ether oxygens (including phenoxy) is 1. The average Bonchev–Trinajstić information content (AvgIpc) is 3.51. The molecule has 10 heteroatoms. The molecule has 1 atom stereocenters. The lowest BCUT2D eigenvalue weighted by Gasteiger charge is -2.22. The molecule has 1 saturated heterocycles. The molecule has 32 heavy (non-hydrogen) atoms. The summed E-state index contributed by atoms with van der Waals surface area (Å²) in [7, 11) is 3.36. The van der Waals surface area contributed by atoms with Gasteiger partial charge in [-0.25, -0.2) is 4.68 Å². The first-order valence-corrected chi connectivity index (χ1v) is 10.5. The molecule has 0 saturated carbocycles. The van der Waals surface area contributed by atoms with Crippen LogP contribution in [0, 0.1) is 5.41 Å². The molecule has 1 spiro atoms. The SMILES string of the molecule is COc1ccc(Cn2nc3n(c(=O)c2=O)C[C@@]2(CCN(C(=O)c4ccn(C)n4)C2)C3)cc1. The maximum atomic E-state index is 12.8. The van der Waals surface area contributed by atoms with Gasteiger partial charge in [-0.2, -0.15) is 10.2 Å². The Balaban J connectivity index is 1.37. The topological polar surface area (TPSA) is 104 Å². The summed E-state index contributed by atoms with van der Waals surface area (Å²) in [5, 5.41) is 8.72. The van der Waals surface area contributed by atoms with Gasteiger partial charge < -0.3 is 9.64 Å². The van der Waals surface area contributed by atoms with E-state index < -0.39 is 11.1 Å². The quantitative estimate of drug-likeness (QED) is 0.545. The van der Waals surface area contributed by atoms with Crippen molar-refractivity contribution < 1.29 is 9.53 Å². The van der Waals surface area contributed by atoms with Crippen molar-refractivity contribution in [2.75, 3.05) is 20.2 Å². The Morgan fingerprint density at radius 1 is 1.09 bits per heavy atom. The number of methoxy groups -OCH3 is 1. The zero-order chi connectivity index (χ0) is 22.5. The number of benzene rings is 1. The normalized spacial score (nSPS) is 19.5. The highest BCUT2D eigenvalue weighted by molar-refractivity contribution is 5.92. The number of hydrogen-bond donors (Lipinski definition) is 0. The molecule has 0 N–H and O–H groups in total. The van der Waals surface area contributed by atoms with Gasteiger partial charge in [-0.1, -0.05) is 12.1 Å². The first-order chi connectivity index (χ1) is 15.4. The number of aromatic nitrogens is 5. The molecule has 1 aromatic carbocycles. The van der Waals surface area contributed by atoms with Crippen LogP contribution in [0.4, 0.5) is 0 Å². The average molecular weight is 436 g/mol. The van der Waals surface area contributed by atoms with Gasteiger partial charge >= 0.3 is 11.1 Å². The van der Waals surface area contributed by atoms with Crippen LogP contribution in [0.25, 0.3) is 0 Å². The first-order valence-electron chi connectivity index (χ1n) is 10.5. The van der Waals surface area contributed by atoms with Gasteiger partial charge in [0.25, 0.3) is 5.91 Å². The number of hydrogen-bond acceptors (Lipinski definition) is 6. The van der Waals surface area contributed by atoms with E-state index in [9.17, 15) is 14.4 Å². The van der Waals surface area contributed by atoms with Crippen LogP contribution in [0.15, 0.2) is 46.1 Å². The molecule has 4 heterocycles. The minimum Gasteiger partial charge on any atom is -0.497 e. The molecule has 0 bridgehead atoms. The maximum Gasteiger partial charge on any atom is 0.332 e. The van der Waals surface area contributed by atoms with E-state index in [1.807, 2.05) is 12.1 Å². The number of aryl methyl sites for hydroxylation is 1. The number of carbonyl (C=O) groups excluding carboxylic acids is 1. The van der Waals surface area contributed by atoms with Crippen molar-refractivity contribution in [2.24, 2.45) is 12.5 Å². The van der Waals surface area contributed by atoms with Gasteiger partial charge in [-0.05, 0) is 30.2 Å². The van der Waals surface area contributed by atoms with Gasteiger partial charge in [0.2, 0.25) is 0 Å². The van der Waals surface area contributed by atoms with E-state index in [1.54, 1.807) is 48.1 Å². The monoisotopic (exact) mass is 436 g/mol. The summed E-state index contributed by atoms with van der Waals surface area (Å²) >= 11 is 0. The summed E-state index contributed by atoms with van der Waals surface area (Å²) in [4.78, 5) is 40.1. The molecule has 0 aliphatic carbocycles. The Kier molecular flexibility index (Phi) is 4.72. The molecule has 5 rings (SSSR count). The zero-order valence-corrected chi connectivity index (χ0v) is 18.0. The minimum absolute atomic E-state index is 0.113. The lowest BCUT2D eigenvalue weighted by molar-refractivity contribution is 0.0765. The highest BCUT2D eigenvalue weighted by Crippen LogP contribution is 2.39. The van der Waals surface area contributed by atoms with Crippen molar-refractivity contribution in [3.05, 3.63) is 74.3 Å². The van der Waals surface area contributed by atoms with Crippen molar-refractivity contribution in [2.45, 2.75) is 25.9 Å². The van der Waals surface area contributed by atoms with Crippen LogP contribution in [0.5, 0.6) is 5.75 Å². The summed E-state index contributed by atoms with van der Waals surface area (Å²) in [6, 6.07) is 9.01. The highest BCUT2D eigenvalue weighted by atomic mass is 16.5. The second kappa shape index (κ2) is 7.47. The first kappa shape index (κ1) is 20.2. The second-order valence-corrected chi connectivity index (χ2v) is 8.65. The fraction of sp³-hybridized carbons (Fsp3) is 0.409. The third-order valence-corrected chi connectivity index (χ3v) is 6.39. The Morgan fingerprint density at radius 3 is 2.56 bits per heavy atom. The Morgan fingerprint density at radius 2 is 1.88 bits per heavy atom. The molecular weight excluding hydrogens is 412 g/mol. The highest BCUT2D eigenvalue weighted by Gasteiger charge is 2.46. The minimum atomic E-state index is -0.638. The van der Waals surface area contributed by atoms with Crippen molar-refractivity contribution in [1.82, 2.24) is 29.0 Å². The standard InChI is InChI=1S/C22H24N6O4/c1-25-9-7-17(23-25)19(29)26-10-8-22(13-26)11-18-24-28(21(31)20(30)27(18)14-22)12-15-3-5-16(32-2)6-4-15/h3-7,9H,8,10-14H2,1-2H3/t22-/m0/s1. The van der Waals surface area contributed by atoms with Crippen LogP contribution in [0.2, 0.25) is 0 Å². The van der Waals surface area contributed by atoms with Crippen LogP contribution in [-0.4, -0.2) is 55.1 Å². The number of carbonyl (C=O) groups is 1. The number of nitrogens with zero attached hydrogens (tertiary/aromatic N) is 6. The number of fused-ring (bicyclic) bond motifs is 1. The van der Waals surface area contributed by atoms with Crippen molar-refractivity contribution in [3.8, 4) is 5.75 Å². The van der Waals surface area contributed by atoms with Gasteiger partial charge in [0.15, 0.2) is 0 Å². The van der Waals surface area contributed by atoms with Crippen LogP contribution in [-0.2, 0) is 26.6 Å². The third-order valence-electron chi connectivity index (χ3n) is 6.39. The number of likely N-dealkylation sites (tertiary alicyclic amines) is 1. The number of rotatable bonds is 4. The summed E-state index contributed by atoms with van der Waals surface area (Å²) < 4.78 is 9.49.